The van der Waals surface area contributed by atoms with Gasteiger partial charge >= 0.3 is 0 Å². The molecular weight excluding hydrogens is 429 g/mol. The molecule has 0 amide bonds. The third kappa shape index (κ3) is 6.16. The fraction of sp³-hybridized carbons (Fsp3) is 0.421. The van der Waals surface area contributed by atoms with E-state index in [1.165, 1.54) is 34.9 Å². The van der Waals surface area contributed by atoms with Gasteiger partial charge < -0.3 is 10.6 Å². The molecule has 0 saturated carbocycles. The van der Waals surface area contributed by atoms with Crippen LogP contribution in [-0.2, 0) is 0 Å². The zero-order valence-electron chi connectivity index (χ0n) is 14.7. The average Bonchev–Trinajstić information content (AvgIpc) is 2.59. The Morgan fingerprint density at radius 1 is 1.12 bits per heavy atom. The fourth-order valence-corrected chi connectivity index (χ4v) is 3.18. The van der Waals surface area contributed by atoms with Crippen LogP contribution in [-0.4, -0.2) is 31.6 Å². The number of halogens is 1. The van der Waals surface area contributed by atoms with Gasteiger partial charge in [0.1, 0.15) is 0 Å². The predicted octanol–water partition coefficient (Wildman–Crippen LogP) is 4.83. The van der Waals surface area contributed by atoms with E-state index < -0.39 is 0 Å². The lowest BCUT2D eigenvalue weighted by Gasteiger charge is -2.20. The van der Waals surface area contributed by atoms with Crippen molar-refractivity contribution in [3.05, 3.63) is 48.0 Å². The zero-order chi connectivity index (χ0) is 16.5. The first-order valence-electron chi connectivity index (χ1n) is 8.20. The Labute approximate surface area is 167 Å². The highest BCUT2D eigenvalue weighted by molar-refractivity contribution is 14.0. The van der Waals surface area contributed by atoms with E-state index >= 15 is 0 Å². The number of nitrogens with zero attached hydrogens (tertiary/aromatic N) is 1. The first-order chi connectivity index (χ1) is 11.3. The summed E-state index contributed by atoms with van der Waals surface area (Å²) in [6.07, 6.45) is 4.56. The van der Waals surface area contributed by atoms with Crippen molar-refractivity contribution in [2.75, 3.05) is 25.6 Å². The number of aliphatic imine (C=N–C) groups is 1. The molecule has 0 heterocycles. The van der Waals surface area contributed by atoms with E-state index in [4.69, 9.17) is 0 Å². The van der Waals surface area contributed by atoms with Crippen molar-refractivity contribution in [3.63, 3.8) is 0 Å². The first kappa shape index (κ1) is 21.1. The number of hydrogen-bond donors (Lipinski definition) is 2. The maximum Gasteiger partial charge on any atom is 0.191 e. The van der Waals surface area contributed by atoms with Gasteiger partial charge in [-0.1, -0.05) is 42.5 Å². The normalized spacial score (nSPS) is 12.5. The highest BCUT2D eigenvalue weighted by Crippen LogP contribution is 2.23. The largest absolute Gasteiger partial charge is 0.356 e. The maximum atomic E-state index is 4.34. The topological polar surface area (TPSA) is 36.4 Å². The molecule has 1 atom stereocenters. The van der Waals surface area contributed by atoms with Crippen molar-refractivity contribution in [1.82, 2.24) is 10.6 Å². The summed E-state index contributed by atoms with van der Waals surface area (Å²) < 4.78 is 0. The van der Waals surface area contributed by atoms with Gasteiger partial charge in [-0.3, -0.25) is 4.99 Å². The average molecular weight is 457 g/mol. The van der Waals surface area contributed by atoms with Crippen LogP contribution in [0.5, 0.6) is 0 Å². The molecule has 0 aliphatic heterocycles. The lowest BCUT2D eigenvalue weighted by atomic mass is 10.00. The molecule has 0 fully saturated rings. The van der Waals surface area contributed by atoms with Gasteiger partial charge in [-0.15, -0.1) is 24.0 Å². The van der Waals surface area contributed by atoms with E-state index in [1.54, 1.807) is 0 Å². The van der Waals surface area contributed by atoms with Gasteiger partial charge in [0.15, 0.2) is 5.96 Å². The van der Waals surface area contributed by atoms with Crippen molar-refractivity contribution in [1.29, 1.82) is 0 Å². The molecule has 0 bridgehead atoms. The van der Waals surface area contributed by atoms with Crippen molar-refractivity contribution in [2.24, 2.45) is 4.99 Å². The molecule has 132 valence electrons. The second kappa shape index (κ2) is 11.6. The number of nitrogens with one attached hydrogen (secondary N) is 2. The summed E-state index contributed by atoms with van der Waals surface area (Å²) in [5, 5.41) is 9.48. The number of benzene rings is 2. The van der Waals surface area contributed by atoms with Crippen LogP contribution in [0.3, 0.4) is 0 Å². The van der Waals surface area contributed by atoms with Crippen molar-refractivity contribution >= 4 is 52.5 Å². The lowest BCUT2D eigenvalue weighted by Crippen LogP contribution is -2.39. The minimum absolute atomic E-state index is 0. The number of rotatable bonds is 7. The molecule has 2 aromatic rings. The summed E-state index contributed by atoms with van der Waals surface area (Å²) >= 11 is 1.90. The Balaban J connectivity index is 0.00000288. The third-order valence-electron chi connectivity index (χ3n) is 3.93. The summed E-state index contributed by atoms with van der Waals surface area (Å²) in [5.74, 6) is 2.09. The van der Waals surface area contributed by atoms with Crippen LogP contribution < -0.4 is 10.6 Å². The summed E-state index contributed by atoms with van der Waals surface area (Å²) in [6.45, 7) is 3.14. The zero-order valence-corrected chi connectivity index (χ0v) is 17.9. The minimum atomic E-state index is 0. The van der Waals surface area contributed by atoms with E-state index in [-0.39, 0.29) is 30.0 Å². The molecular formula is C19H28IN3S. The number of unbranched alkanes of at least 4 members (excludes halogenated alkanes) is 1. The molecule has 2 aromatic carbocycles. The molecule has 5 heteroatoms. The van der Waals surface area contributed by atoms with Gasteiger partial charge in [0.2, 0.25) is 0 Å². The second-order valence-electron chi connectivity index (χ2n) is 5.63. The molecule has 0 aromatic heterocycles. The molecule has 0 aliphatic carbocycles. The van der Waals surface area contributed by atoms with Gasteiger partial charge in [-0.05, 0) is 48.1 Å². The number of hydrogen-bond acceptors (Lipinski definition) is 2. The van der Waals surface area contributed by atoms with Crippen LogP contribution in [0.25, 0.3) is 10.8 Å². The Kier molecular flexibility index (Phi) is 10.2. The quantitative estimate of drug-likeness (QED) is 0.271. The van der Waals surface area contributed by atoms with Crippen LogP contribution in [0, 0.1) is 0 Å². The van der Waals surface area contributed by atoms with Crippen molar-refractivity contribution in [2.45, 2.75) is 25.8 Å². The molecule has 2 rings (SSSR count). The summed E-state index contributed by atoms with van der Waals surface area (Å²) in [4.78, 5) is 4.34. The maximum absolute atomic E-state index is 4.34. The predicted molar refractivity (Wildman–Crippen MR) is 120 cm³/mol. The van der Waals surface area contributed by atoms with Crippen molar-refractivity contribution < 1.29 is 0 Å². The molecule has 1 unspecified atom stereocenters. The Morgan fingerprint density at radius 3 is 2.62 bits per heavy atom. The van der Waals surface area contributed by atoms with E-state index in [0.717, 1.165) is 12.5 Å². The highest BCUT2D eigenvalue weighted by atomic mass is 127. The first-order valence-corrected chi connectivity index (χ1v) is 9.59. The molecule has 0 aliphatic rings. The van der Waals surface area contributed by atoms with Crippen LogP contribution in [0.15, 0.2) is 47.5 Å². The van der Waals surface area contributed by atoms with Crippen molar-refractivity contribution in [3.8, 4) is 0 Å². The van der Waals surface area contributed by atoms with Gasteiger partial charge in [0.05, 0.1) is 6.04 Å². The summed E-state index contributed by atoms with van der Waals surface area (Å²) in [6, 6.07) is 15.2. The molecule has 0 radical (unpaired) electrons. The Bertz CT molecular complexity index is 640. The Morgan fingerprint density at radius 2 is 1.88 bits per heavy atom. The lowest BCUT2D eigenvalue weighted by molar-refractivity contribution is 0.675. The van der Waals surface area contributed by atoms with Crippen LogP contribution in [0.4, 0.5) is 0 Å². The molecule has 2 N–H and O–H groups in total. The minimum Gasteiger partial charge on any atom is -0.356 e. The molecule has 24 heavy (non-hydrogen) atoms. The number of guanidine groups is 1. The van der Waals surface area contributed by atoms with Crippen LogP contribution >= 0.6 is 35.7 Å². The van der Waals surface area contributed by atoms with Crippen LogP contribution in [0.2, 0.25) is 0 Å². The standard InChI is InChI=1S/C19H27N3S.HI/c1-15(22-19(20-2)21-13-6-7-14-23-3)17-12-8-10-16-9-4-5-11-18(16)17;/h4-5,8-12,15H,6-7,13-14H2,1-3H3,(H2,20,21,22);1H. The van der Waals surface area contributed by atoms with Gasteiger partial charge in [-0.25, -0.2) is 0 Å². The highest BCUT2D eigenvalue weighted by Gasteiger charge is 2.10. The summed E-state index contributed by atoms with van der Waals surface area (Å²) in [7, 11) is 1.83. The van der Waals surface area contributed by atoms with Gasteiger partial charge in [0, 0.05) is 13.6 Å². The monoisotopic (exact) mass is 457 g/mol. The van der Waals surface area contributed by atoms with Gasteiger partial charge in [0.25, 0.3) is 0 Å². The van der Waals surface area contributed by atoms with Crippen LogP contribution in [0.1, 0.15) is 31.4 Å². The molecule has 0 spiro atoms. The van der Waals surface area contributed by atoms with E-state index in [9.17, 15) is 0 Å². The Hall–Kier alpha value is -0.950. The molecule has 0 saturated heterocycles. The van der Waals surface area contributed by atoms with E-state index in [2.05, 4.69) is 71.3 Å². The van der Waals surface area contributed by atoms with E-state index in [0.29, 0.717) is 0 Å². The molecule has 3 nitrogen and oxygen atoms in total. The van der Waals surface area contributed by atoms with E-state index in [1.807, 2.05) is 18.8 Å². The smallest absolute Gasteiger partial charge is 0.191 e. The SMILES string of the molecule is CN=C(NCCCCSC)NC(C)c1cccc2ccccc12.I. The number of fused-ring (bicyclic) bond motifs is 1. The fourth-order valence-electron chi connectivity index (χ4n) is 2.68. The third-order valence-corrected chi connectivity index (χ3v) is 4.63. The number of thioether (sulfide) groups is 1. The van der Waals surface area contributed by atoms with Gasteiger partial charge in [-0.2, -0.15) is 11.8 Å². The summed E-state index contributed by atoms with van der Waals surface area (Å²) in [5.41, 5.74) is 1.30. The second-order valence-corrected chi connectivity index (χ2v) is 6.62.